The van der Waals surface area contributed by atoms with Gasteiger partial charge in [-0.3, -0.25) is 14.2 Å². The predicted octanol–water partition coefficient (Wildman–Crippen LogP) is 6.98. The number of ether oxygens (including phenoxy) is 1. The van der Waals surface area contributed by atoms with Gasteiger partial charge < -0.3 is 9.64 Å². The van der Waals surface area contributed by atoms with Crippen LogP contribution in [0.15, 0.2) is 71.5 Å². The molecule has 4 aromatic rings. The third-order valence-corrected chi connectivity index (χ3v) is 7.51. The molecule has 0 aliphatic rings. The Morgan fingerprint density at radius 2 is 1.75 bits per heavy atom. The molecular formula is C34H41N3O3. The molecule has 0 spiro atoms. The van der Waals surface area contributed by atoms with Crippen molar-refractivity contribution < 1.29 is 9.53 Å². The van der Waals surface area contributed by atoms with Crippen LogP contribution < -0.4 is 5.56 Å². The number of methoxy groups -OCH3 is 1. The summed E-state index contributed by atoms with van der Waals surface area (Å²) in [5.41, 5.74) is 5.22. The Morgan fingerprint density at radius 1 is 1.00 bits per heavy atom. The van der Waals surface area contributed by atoms with Crippen molar-refractivity contribution in [3.8, 4) is 5.69 Å². The van der Waals surface area contributed by atoms with Crippen molar-refractivity contribution in [1.29, 1.82) is 0 Å². The van der Waals surface area contributed by atoms with Crippen molar-refractivity contribution >= 4 is 16.8 Å². The molecule has 4 rings (SSSR count). The smallest absolute Gasteiger partial charge is 0.266 e. The summed E-state index contributed by atoms with van der Waals surface area (Å²) in [6.45, 7) is 9.20. The maximum atomic E-state index is 14.0. The second-order valence-corrected chi connectivity index (χ2v) is 10.6. The lowest BCUT2D eigenvalue weighted by Crippen LogP contribution is -2.38. The van der Waals surface area contributed by atoms with Crippen LogP contribution in [0.2, 0.25) is 0 Å². The zero-order chi connectivity index (χ0) is 28.6. The van der Waals surface area contributed by atoms with E-state index in [2.05, 4.69) is 25.1 Å². The molecule has 6 nitrogen and oxygen atoms in total. The van der Waals surface area contributed by atoms with E-state index in [4.69, 9.17) is 9.72 Å². The molecule has 40 heavy (non-hydrogen) atoms. The highest BCUT2D eigenvalue weighted by Gasteiger charge is 2.28. The number of aromatic nitrogens is 2. The highest BCUT2D eigenvalue weighted by molar-refractivity contribution is 5.94. The summed E-state index contributed by atoms with van der Waals surface area (Å²) in [6, 6.07) is 20.9. The molecule has 210 valence electrons. The molecule has 1 unspecified atom stereocenters. The number of benzene rings is 3. The Labute approximate surface area is 237 Å². The number of rotatable bonds is 12. The third kappa shape index (κ3) is 6.50. The van der Waals surface area contributed by atoms with Crippen molar-refractivity contribution in [2.45, 2.75) is 65.8 Å². The Morgan fingerprint density at radius 3 is 2.45 bits per heavy atom. The number of carbonyl (C=O) groups excluding carboxylic acids is 1. The average Bonchev–Trinajstić information content (AvgIpc) is 2.96. The van der Waals surface area contributed by atoms with Gasteiger partial charge in [-0.05, 0) is 81.5 Å². The third-order valence-electron chi connectivity index (χ3n) is 7.51. The molecule has 0 aliphatic heterocycles. The SMILES string of the molecule is CCCCCc1ccc(C(=O)N(CCCOC)C(C)c2nc3ccccc3c(=O)n2-c2ccc(C)cc2C)cc1. The van der Waals surface area contributed by atoms with Gasteiger partial charge in [-0.25, -0.2) is 4.98 Å². The van der Waals surface area contributed by atoms with Crippen LogP contribution in [0.3, 0.4) is 0 Å². The maximum absolute atomic E-state index is 14.0. The Bertz CT molecular complexity index is 1510. The van der Waals surface area contributed by atoms with Gasteiger partial charge in [0.2, 0.25) is 0 Å². The summed E-state index contributed by atoms with van der Waals surface area (Å²) in [5.74, 6) is 0.455. The number of aryl methyl sites for hydroxylation is 3. The summed E-state index contributed by atoms with van der Waals surface area (Å²) in [5, 5.41) is 0.550. The van der Waals surface area contributed by atoms with Crippen molar-refractivity contribution in [2.24, 2.45) is 0 Å². The fourth-order valence-electron chi connectivity index (χ4n) is 5.27. The fraction of sp³-hybridized carbons (Fsp3) is 0.382. The Kier molecular flexibility index (Phi) is 9.88. The average molecular weight is 540 g/mol. The van der Waals surface area contributed by atoms with Crippen LogP contribution >= 0.6 is 0 Å². The molecule has 1 atom stereocenters. The van der Waals surface area contributed by atoms with E-state index in [0.29, 0.717) is 41.9 Å². The van der Waals surface area contributed by atoms with E-state index < -0.39 is 6.04 Å². The monoisotopic (exact) mass is 539 g/mol. The first-order chi connectivity index (χ1) is 19.3. The van der Waals surface area contributed by atoms with Gasteiger partial charge in [0, 0.05) is 25.8 Å². The maximum Gasteiger partial charge on any atom is 0.266 e. The Balaban J connectivity index is 1.79. The highest BCUT2D eigenvalue weighted by Crippen LogP contribution is 2.26. The number of para-hydroxylation sites is 1. The van der Waals surface area contributed by atoms with Crippen molar-refractivity contribution in [1.82, 2.24) is 14.5 Å². The minimum Gasteiger partial charge on any atom is -0.385 e. The van der Waals surface area contributed by atoms with Gasteiger partial charge in [0.15, 0.2) is 0 Å². The second-order valence-electron chi connectivity index (χ2n) is 10.6. The standard InChI is InChI=1S/C34H41N3O3/c1-6-7-8-12-27-16-18-28(19-17-27)33(38)36(21-11-22-40-5)26(4)32-35-30-14-10-9-13-29(30)34(39)37(32)31-20-15-24(2)23-25(31)3/h9-10,13-20,23,26H,6-8,11-12,21-22H2,1-5H3. The van der Waals surface area contributed by atoms with Crippen molar-refractivity contribution in [3.63, 3.8) is 0 Å². The molecule has 0 bridgehead atoms. The lowest BCUT2D eigenvalue weighted by atomic mass is 10.0. The number of hydrogen-bond acceptors (Lipinski definition) is 4. The molecule has 0 radical (unpaired) electrons. The molecule has 3 aromatic carbocycles. The minimum absolute atomic E-state index is 0.0849. The van der Waals surface area contributed by atoms with Gasteiger partial charge >= 0.3 is 0 Å². The van der Waals surface area contributed by atoms with Gasteiger partial charge in [0.25, 0.3) is 11.5 Å². The van der Waals surface area contributed by atoms with Crippen molar-refractivity contribution in [2.75, 3.05) is 20.3 Å². The quantitative estimate of drug-likeness (QED) is 0.182. The summed E-state index contributed by atoms with van der Waals surface area (Å²) < 4.78 is 7.00. The lowest BCUT2D eigenvalue weighted by Gasteiger charge is -2.31. The zero-order valence-corrected chi connectivity index (χ0v) is 24.4. The Hall–Kier alpha value is -3.77. The van der Waals surface area contributed by atoms with Gasteiger partial charge in [-0.15, -0.1) is 0 Å². The number of hydrogen-bond donors (Lipinski definition) is 0. The first-order valence-corrected chi connectivity index (χ1v) is 14.3. The van der Waals surface area contributed by atoms with E-state index in [1.807, 2.05) is 74.2 Å². The fourth-order valence-corrected chi connectivity index (χ4v) is 5.27. The van der Waals surface area contributed by atoms with E-state index in [9.17, 15) is 9.59 Å². The van der Waals surface area contributed by atoms with Crippen LogP contribution in [0.1, 0.15) is 78.4 Å². The molecule has 1 amide bonds. The van der Waals surface area contributed by atoms with Crippen LogP contribution in [0.4, 0.5) is 0 Å². The van der Waals surface area contributed by atoms with Gasteiger partial charge in [0.05, 0.1) is 22.6 Å². The summed E-state index contributed by atoms with van der Waals surface area (Å²) in [7, 11) is 1.66. The van der Waals surface area contributed by atoms with Crippen molar-refractivity contribution in [3.05, 3.63) is 105 Å². The molecule has 0 saturated heterocycles. The molecule has 6 heteroatoms. The van der Waals surface area contributed by atoms with E-state index in [0.717, 1.165) is 29.7 Å². The van der Waals surface area contributed by atoms with E-state index in [1.54, 1.807) is 11.7 Å². The number of amides is 1. The van der Waals surface area contributed by atoms with Crippen LogP contribution in [0, 0.1) is 13.8 Å². The molecule has 1 heterocycles. The van der Waals surface area contributed by atoms with Crippen LogP contribution in [0.5, 0.6) is 0 Å². The normalized spacial score (nSPS) is 12.0. The lowest BCUT2D eigenvalue weighted by molar-refractivity contribution is 0.0657. The van der Waals surface area contributed by atoms with Gasteiger partial charge in [0.1, 0.15) is 5.82 Å². The molecule has 0 fully saturated rings. The minimum atomic E-state index is -0.466. The molecule has 1 aromatic heterocycles. The highest BCUT2D eigenvalue weighted by atomic mass is 16.5. The molecule has 0 aliphatic carbocycles. The van der Waals surface area contributed by atoms with Crippen LogP contribution in [-0.2, 0) is 11.2 Å². The molecule has 0 N–H and O–H groups in total. The molecular weight excluding hydrogens is 498 g/mol. The first-order valence-electron chi connectivity index (χ1n) is 14.3. The number of fused-ring (bicyclic) bond motifs is 1. The first kappa shape index (κ1) is 29.2. The largest absolute Gasteiger partial charge is 0.385 e. The van der Waals surface area contributed by atoms with E-state index in [1.165, 1.54) is 18.4 Å². The zero-order valence-electron chi connectivity index (χ0n) is 24.4. The topological polar surface area (TPSA) is 64.4 Å². The summed E-state index contributed by atoms with van der Waals surface area (Å²) >= 11 is 0. The molecule has 0 saturated carbocycles. The number of unbranched alkanes of at least 4 members (excludes halogenated alkanes) is 2. The van der Waals surface area contributed by atoms with Crippen LogP contribution in [0.25, 0.3) is 16.6 Å². The summed E-state index contributed by atoms with van der Waals surface area (Å²) in [4.78, 5) is 34.8. The van der Waals surface area contributed by atoms with Gasteiger partial charge in [-0.2, -0.15) is 0 Å². The summed E-state index contributed by atoms with van der Waals surface area (Å²) in [6.07, 6.45) is 5.21. The van der Waals surface area contributed by atoms with Gasteiger partial charge in [-0.1, -0.05) is 61.7 Å². The predicted molar refractivity (Wildman–Crippen MR) is 162 cm³/mol. The number of nitrogens with zero attached hydrogens (tertiary/aromatic N) is 3. The second kappa shape index (κ2) is 13.5. The van der Waals surface area contributed by atoms with Crippen LogP contribution in [-0.4, -0.2) is 40.6 Å². The number of carbonyl (C=O) groups is 1. The van der Waals surface area contributed by atoms with E-state index in [-0.39, 0.29) is 11.5 Å². The van der Waals surface area contributed by atoms with E-state index >= 15 is 0 Å².